The Morgan fingerprint density at radius 1 is 0.929 bits per heavy atom. The SMILES string of the molecule is COc1cccc(C(C#N)c2cc(C(C)(C)C)c(O)c(C(C)(C)C)c2)c1OC. The van der Waals surface area contributed by atoms with Crippen LogP contribution in [0, 0.1) is 11.3 Å². The van der Waals surface area contributed by atoms with E-state index in [0.717, 1.165) is 22.3 Å². The quantitative estimate of drug-likeness (QED) is 0.742. The van der Waals surface area contributed by atoms with Crippen molar-refractivity contribution in [1.82, 2.24) is 0 Å². The van der Waals surface area contributed by atoms with Crippen LogP contribution in [0.1, 0.15) is 69.7 Å². The molecule has 0 radical (unpaired) electrons. The van der Waals surface area contributed by atoms with Crippen LogP contribution in [-0.4, -0.2) is 19.3 Å². The van der Waals surface area contributed by atoms with Crippen molar-refractivity contribution in [3.63, 3.8) is 0 Å². The number of phenols is 1. The molecule has 4 heteroatoms. The van der Waals surface area contributed by atoms with Gasteiger partial charge in [0.1, 0.15) is 5.75 Å². The summed E-state index contributed by atoms with van der Waals surface area (Å²) in [5, 5.41) is 21.0. The second-order valence-electron chi connectivity index (χ2n) is 9.11. The maximum Gasteiger partial charge on any atom is 0.165 e. The highest BCUT2D eigenvalue weighted by Gasteiger charge is 2.29. The molecule has 2 rings (SSSR count). The molecule has 0 amide bonds. The van der Waals surface area contributed by atoms with E-state index in [1.807, 2.05) is 30.3 Å². The zero-order valence-corrected chi connectivity index (χ0v) is 18.2. The first-order chi connectivity index (χ1) is 13.0. The maximum atomic E-state index is 11.0. The van der Waals surface area contributed by atoms with Crippen molar-refractivity contribution in [1.29, 1.82) is 5.26 Å². The van der Waals surface area contributed by atoms with Crippen LogP contribution in [0.4, 0.5) is 0 Å². The third-order valence-corrected chi connectivity index (χ3v) is 4.96. The Morgan fingerprint density at radius 2 is 1.46 bits per heavy atom. The van der Waals surface area contributed by atoms with E-state index in [9.17, 15) is 10.4 Å². The van der Waals surface area contributed by atoms with E-state index >= 15 is 0 Å². The van der Waals surface area contributed by atoms with Crippen LogP contribution in [-0.2, 0) is 10.8 Å². The van der Waals surface area contributed by atoms with Gasteiger partial charge in [-0.1, -0.05) is 53.7 Å². The van der Waals surface area contributed by atoms with Crippen molar-refractivity contribution in [3.8, 4) is 23.3 Å². The zero-order chi connectivity index (χ0) is 21.3. The Labute approximate surface area is 168 Å². The van der Waals surface area contributed by atoms with E-state index < -0.39 is 5.92 Å². The molecule has 0 saturated heterocycles. The van der Waals surface area contributed by atoms with Gasteiger partial charge in [-0.3, -0.25) is 0 Å². The van der Waals surface area contributed by atoms with Crippen molar-refractivity contribution >= 4 is 0 Å². The molecule has 0 bridgehead atoms. The van der Waals surface area contributed by atoms with E-state index in [1.165, 1.54) is 0 Å². The molecule has 2 aromatic carbocycles. The maximum absolute atomic E-state index is 11.0. The number of ether oxygens (including phenoxy) is 2. The highest BCUT2D eigenvalue weighted by atomic mass is 16.5. The van der Waals surface area contributed by atoms with Crippen molar-refractivity contribution in [2.45, 2.75) is 58.3 Å². The van der Waals surface area contributed by atoms with Crippen LogP contribution in [0.15, 0.2) is 30.3 Å². The van der Waals surface area contributed by atoms with Gasteiger partial charge in [0.15, 0.2) is 11.5 Å². The lowest BCUT2D eigenvalue weighted by Gasteiger charge is -2.29. The normalized spacial score (nSPS) is 13.0. The molecule has 28 heavy (non-hydrogen) atoms. The van der Waals surface area contributed by atoms with Gasteiger partial charge in [0.25, 0.3) is 0 Å². The lowest BCUT2D eigenvalue weighted by molar-refractivity contribution is 0.351. The lowest BCUT2D eigenvalue weighted by Crippen LogP contribution is -2.18. The highest BCUT2D eigenvalue weighted by molar-refractivity contribution is 5.57. The fraction of sp³-hybridized carbons (Fsp3) is 0.458. The van der Waals surface area contributed by atoms with Crippen LogP contribution in [0.3, 0.4) is 0 Å². The van der Waals surface area contributed by atoms with E-state index in [2.05, 4.69) is 47.6 Å². The fourth-order valence-corrected chi connectivity index (χ4v) is 3.43. The summed E-state index contributed by atoms with van der Waals surface area (Å²) in [4.78, 5) is 0. The van der Waals surface area contributed by atoms with E-state index in [1.54, 1.807) is 14.2 Å². The summed E-state index contributed by atoms with van der Waals surface area (Å²) in [5.74, 6) is 0.899. The lowest BCUT2D eigenvalue weighted by atomic mass is 9.76. The van der Waals surface area contributed by atoms with Crippen LogP contribution in [0.5, 0.6) is 17.2 Å². The van der Waals surface area contributed by atoms with Crippen LogP contribution >= 0.6 is 0 Å². The molecule has 0 fully saturated rings. The number of nitrogens with zero attached hydrogens (tertiary/aromatic N) is 1. The molecule has 0 spiro atoms. The molecular formula is C24H31NO3. The van der Waals surface area contributed by atoms with Crippen LogP contribution in [0.2, 0.25) is 0 Å². The fourth-order valence-electron chi connectivity index (χ4n) is 3.43. The number of rotatable bonds is 4. The van der Waals surface area contributed by atoms with E-state index in [-0.39, 0.29) is 10.8 Å². The van der Waals surface area contributed by atoms with Gasteiger partial charge in [0.2, 0.25) is 0 Å². The Hall–Kier alpha value is -2.67. The minimum Gasteiger partial charge on any atom is -0.507 e. The Bertz CT molecular complexity index is 861. The van der Waals surface area contributed by atoms with Gasteiger partial charge in [-0.05, 0) is 45.7 Å². The van der Waals surface area contributed by atoms with E-state index in [4.69, 9.17) is 9.47 Å². The van der Waals surface area contributed by atoms with Gasteiger partial charge in [-0.15, -0.1) is 0 Å². The summed E-state index contributed by atoms with van der Waals surface area (Å²) in [7, 11) is 3.16. The van der Waals surface area contributed by atoms with Gasteiger partial charge in [-0.25, -0.2) is 0 Å². The molecule has 2 aromatic rings. The second kappa shape index (κ2) is 7.75. The molecule has 0 heterocycles. The molecule has 0 aliphatic rings. The Balaban J connectivity index is 2.81. The summed E-state index contributed by atoms with van der Waals surface area (Å²) in [5.41, 5.74) is 2.71. The van der Waals surface area contributed by atoms with Gasteiger partial charge in [0, 0.05) is 5.56 Å². The number of para-hydroxylation sites is 1. The highest BCUT2D eigenvalue weighted by Crippen LogP contribution is 2.44. The summed E-state index contributed by atoms with van der Waals surface area (Å²) in [6.07, 6.45) is 0. The van der Waals surface area contributed by atoms with Crippen molar-refractivity contribution < 1.29 is 14.6 Å². The minimum atomic E-state index is -0.548. The molecule has 1 unspecified atom stereocenters. The number of aromatic hydroxyl groups is 1. The standard InChI is InChI=1S/C24H31NO3/c1-23(2,3)18-12-15(13-19(21(18)26)24(4,5)6)17(14-25)16-10-9-11-20(27-7)22(16)28-8/h9-13,17,26H,1-8H3. The third-order valence-electron chi connectivity index (χ3n) is 4.96. The average molecular weight is 382 g/mol. The molecule has 150 valence electrons. The molecule has 1 atom stereocenters. The number of methoxy groups -OCH3 is 2. The number of hydrogen-bond acceptors (Lipinski definition) is 4. The smallest absolute Gasteiger partial charge is 0.165 e. The summed E-state index contributed by atoms with van der Waals surface area (Å²) >= 11 is 0. The summed E-state index contributed by atoms with van der Waals surface area (Å²) < 4.78 is 11.0. The average Bonchev–Trinajstić information content (AvgIpc) is 2.61. The minimum absolute atomic E-state index is 0.265. The number of phenolic OH excluding ortho intramolecular Hbond substituents is 1. The monoisotopic (exact) mass is 381 g/mol. The molecule has 0 saturated carbocycles. The topological polar surface area (TPSA) is 62.5 Å². The van der Waals surface area contributed by atoms with Gasteiger partial charge in [0.05, 0.1) is 26.2 Å². The molecular weight excluding hydrogens is 350 g/mol. The summed E-state index contributed by atoms with van der Waals surface area (Å²) in [6.45, 7) is 12.4. The number of benzene rings is 2. The van der Waals surface area contributed by atoms with Crippen LogP contribution < -0.4 is 9.47 Å². The third kappa shape index (κ3) is 4.09. The predicted molar refractivity (Wildman–Crippen MR) is 113 cm³/mol. The zero-order valence-electron chi connectivity index (χ0n) is 18.2. The van der Waals surface area contributed by atoms with Gasteiger partial charge >= 0.3 is 0 Å². The van der Waals surface area contributed by atoms with Crippen molar-refractivity contribution in [3.05, 3.63) is 52.6 Å². The van der Waals surface area contributed by atoms with Crippen molar-refractivity contribution in [2.24, 2.45) is 0 Å². The van der Waals surface area contributed by atoms with E-state index in [0.29, 0.717) is 17.2 Å². The van der Waals surface area contributed by atoms with Gasteiger partial charge in [-0.2, -0.15) is 5.26 Å². The number of hydrogen-bond donors (Lipinski definition) is 1. The van der Waals surface area contributed by atoms with Crippen molar-refractivity contribution in [2.75, 3.05) is 14.2 Å². The van der Waals surface area contributed by atoms with Crippen LogP contribution in [0.25, 0.3) is 0 Å². The second-order valence-corrected chi connectivity index (χ2v) is 9.11. The summed E-state index contributed by atoms with van der Waals surface area (Å²) in [6, 6.07) is 11.9. The molecule has 0 aromatic heterocycles. The first kappa shape index (κ1) is 21.6. The number of nitriles is 1. The largest absolute Gasteiger partial charge is 0.507 e. The van der Waals surface area contributed by atoms with Gasteiger partial charge < -0.3 is 14.6 Å². The molecule has 1 N–H and O–H groups in total. The molecule has 4 nitrogen and oxygen atoms in total. The first-order valence-electron chi connectivity index (χ1n) is 9.44. The molecule has 0 aliphatic carbocycles. The Morgan fingerprint density at radius 3 is 1.86 bits per heavy atom. The molecule has 0 aliphatic heterocycles. The first-order valence-corrected chi connectivity index (χ1v) is 9.44. The predicted octanol–water partition coefficient (Wildman–Crippen LogP) is 5.66. The Kier molecular flexibility index (Phi) is 5.99.